The van der Waals surface area contributed by atoms with Crippen molar-refractivity contribution in [1.29, 1.82) is 0 Å². The molecule has 3 heterocycles. The third-order valence-electron chi connectivity index (χ3n) is 6.80. The number of aryl methyl sites for hydroxylation is 1. The average Bonchev–Trinajstić information content (AvgIpc) is 2.88. The monoisotopic (exact) mass is 465 g/mol. The predicted molar refractivity (Wildman–Crippen MR) is 132 cm³/mol. The Balaban J connectivity index is 1.58. The van der Waals surface area contributed by atoms with Gasteiger partial charge < -0.3 is 19.4 Å². The van der Waals surface area contributed by atoms with Gasteiger partial charge in [0, 0.05) is 51.0 Å². The van der Waals surface area contributed by atoms with E-state index in [0.717, 1.165) is 43.9 Å². The number of likely N-dealkylation sites (tertiary alicyclic amines) is 1. The minimum atomic E-state index is -0.157. The molecule has 0 N–H and O–H groups in total. The van der Waals surface area contributed by atoms with E-state index in [9.17, 15) is 9.59 Å². The number of ether oxygens (including phenoxy) is 1. The average molecular weight is 466 g/mol. The predicted octanol–water partition coefficient (Wildman–Crippen LogP) is 3.01. The number of piperidine rings is 1. The van der Waals surface area contributed by atoms with Gasteiger partial charge in [-0.2, -0.15) is 0 Å². The highest BCUT2D eigenvalue weighted by Crippen LogP contribution is 2.27. The molecule has 1 aromatic heterocycles. The van der Waals surface area contributed by atoms with Gasteiger partial charge in [-0.05, 0) is 39.3 Å². The first-order valence-corrected chi connectivity index (χ1v) is 12.4. The molecule has 8 nitrogen and oxygen atoms in total. The number of piperazine rings is 1. The van der Waals surface area contributed by atoms with E-state index in [4.69, 9.17) is 9.72 Å². The topological polar surface area (TPSA) is 78.9 Å². The summed E-state index contributed by atoms with van der Waals surface area (Å²) in [6.45, 7) is 12.0. The van der Waals surface area contributed by atoms with Crippen LogP contribution in [0.1, 0.15) is 42.6 Å². The largest absolute Gasteiger partial charge is 0.466 e. The zero-order chi connectivity index (χ0) is 24.1. The first kappa shape index (κ1) is 24.1. The van der Waals surface area contributed by atoms with Gasteiger partial charge in [-0.3, -0.25) is 9.59 Å². The molecule has 2 aromatic rings. The maximum Gasteiger partial charge on any atom is 0.309 e. The molecule has 4 rings (SSSR count). The van der Waals surface area contributed by atoms with Crippen LogP contribution < -0.4 is 4.90 Å². The number of benzene rings is 1. The van der Waals surface area contributed by atoms with Gasteiger partial charge in [0.05, 0.1) is 12.5 Å². The highest BCUT2D eigenvalue weighted by atomic mass is 16.5. The Morgan fingerprint density at radius 2 is 1.79 bits per heavy atom. The van der Waals surface area contributed by atoms with E-state index in [2.05, 4.69) is 27.8 Å². The summed E-state index contributed by atoms with van der Waals surface area (Å²) in [6.07, 6.45) is 2.93. The number of esters is 1. The lowest BCUT2D eigenvalue weighted by molar-refractivity contribution is -0.149. The number of rotatable bonds is 6. The third kappa shape index (κ3) is 5.38. The number of carbonyl (C=O) groups is 2. The highest BCUT2D eigenvalue weighted by Gasteiger charge is 2.31. The molecule has 0 atom stereocenters. The molecule has 0 saturated carbocycles. The number of hydrogen-bond acceptors (Lipinski definition) is 7. The van der Waals surface area contributed by atoms with Gasteiger partial charge in [0.2, 0.25) is 0 Å². The van der Waals surface area contributed by atoms with Crippen LogP contribution in [0.15, 0.2) is 30.5 Å². The summed E-state index contributed by atoms with van der Waals surface area (Å²) in [5.41, 5.74) is 2.63. The summed E-state index contributed by atoms with van der Waals surface area (Å²) < 4.78 is 5.17. The number of amides is 1. The van der Waals surface area contributed by atoms with E-state index in [1.165, 1.54) is 0 Å². The van der Waals surface area contributed by atoms with Crippen LogP contribution in [0.5, 0.6) is 0 Å². The van der Waals surface area contributed by atoms with Gasteiger partial charge in [0.1, 0.15) is 11.4 Å². The molecule has 34 heavy (non-hydrogen) atoms. The van der Waals surface area contributed by atoms with Crippen LogP contribution in [0, 0.1) is 12.8 Å². The number of hydrogen-bond donors (Lipinski definition) is 0. The second-order valence-electron chi connectivity index (χ2n) is 9.04. The molecule has 0 radical (unpaired) electrons. The smallest absolute Gasteiger partial charge is 0.309 e. The van der Waals surface area contributed by atoms with E-state index in [1.807, 2.05) is 36.9 Å². The molecule has 2 aliphatic heterocycles. The molecule has 8 heteroatoms. The molecule has 1 aromatic carbocycles. The van der Waals surface area contributed by atoms with Crippen LogP contribution >= 0.6 is 0 Å². The molecule has 0 spiro atoms. The first-order chi connectivity index (χ1) is 16.5. The Hall–Kier alpha value is -3.00. The fourth-order valence-electron chi connectivity index (χ4n) is 4.71. The molecule has 1 amide bonds. The van der Waals surface area contributed by atoms with Gasteiger partial charge in [0.15, 0.2) is 5.82 Å². The van der Waals surface area contributed by atoms with Crippen molar-refractivity contribution < 1.29 is 14.3 Å². The van der Waals surface area contributed by atoms with E-state index in [-0.39, 0.29) is 17.8 Å². The fourth-order valence-corrected chi connectivity index (χ4v) is 4.71. The van der Waals surface area contributed by atoms with Crippen LogP contribution in [0.25, 0.3) is 11.4 Å². The minimum Gasteiger partial charge on any atom is -0.466 e. The molecule has 2 aliphatic rings. The maximum atomic E-state index is 13.6. The van der Waals surface area contributed by atoms with Gasteiger partial charge in [0.25, 0.3) is 5.91 Å². The van der Waals surface area contributed by atoms with Gasteiger partial charge >= 0.3 is 5.97 Å². The molecule has 0 unspecified atom stereocenters. The number of anilines is 1. The summed E-state index contributed by atoms with van der Waals surface area (Å²) in [7, 11) is 0. The molecule has 2 saturated heterocycles. The van der Waals surface area contributed by atoms with Crippen LogP contribution in [0.4, 0.5) is 5.82 Å². The van der Waals surface area contributed by atoms with Crippen molar-refractivity contribution >= 4 is 17.7 Å². The summed E-state index contributed by atoms with van der Waals surface area (Å²) in [5.74, 6) is 0.987. The second-order valence-corrected chi connectivity index (χ2v) is 9.04. The molecule has 0 bridgehead atoms. The van der Waals surface area contributed by atoms with Crippen molar-refractivity contribution in [2.75, 3.05) is 57.3 Å². The lowest BCUT2D eigenvalue weighted by atomic mass is 9.96. The Labute approximate surface area is 201 Å². The van der Waals surface area contributed by atoms with Crippen molar-refractivity contribution in [2.24, 2.45) is 5.92 Å². The maximum absolute atomic E-state index is 13.6. The Bertz CT molecular complexity index is 1010. The molecular weight excluding hydrogens is 430 g/mol. The van der Waals surface area contributed by atoms with Crippen LogP contribution in [-0.4, -0.2) is 84.1 Å². The summed E-state index contributed by atoms with van der Waals surface area (Å²) in [4.78, 5) is 41.6. The Morgan fingerprint density at radius 3 is 2.44 bits per heavy atom. The van der Waals surface area contributed by atoms with Crippen LogP contribution in [-0.2, 0) is 9.53 Å². The highest BCUT2D eigenvalue weighted by molar-refractivity contribution is 5.99. The normalized spacial score (nSPS) is 17.6. The zero-order valence-electron chi connectivity index (χ0n) is 20.5. The Kier molecular flexibility index (Phi) is 7.77. The molecule has 0 aliphatic carbocycles. The summed E-state index contributed by atoms with van der Waals surface area (Å²) in [6, 6.07) is 8.12. The summed E-state index contributed by atoms with van der Waals surface area (Å²) >= 11 is 0. The number of likely N-dealkylation sites (N-methyl/N-ethyl adjacent to an activating group) is 1. The third-order valence-corrected chi connectivity index (χ3v) is 6.80. The van der Waals surface area contributed by atoms with E-state index in [1.54, 1.807) is 6.20 Å². The Morgan fingerprint density at radius 1 is 1.06 bits per heavy atom. The van der Waals surface area contributed by atoms with Crippen LogP contribution in [0.2, 0.25) is 0 Å². The molecule has 2 fully saturated rings. The van der Waals surface area contributed by atoms with Crippen molar-refractivity contribution in [3.05, 3.63) is 41.6 Å². The van der Waals surface area contributed by atoms with Crippen molar-refractivity contribution in [3.8, 4) is 11.4 Å². The van der Waals surface area contributed by atoms with Crippen LogP contribution in [0.3, 0.4) is 0 Å². The standard InChI is InChI=1S/C26H35N5O3/c1-4-29-13-15-30(16-14-29)24-22(18-27-23(28-24)21-8-6-7-19(3)17-21)25(32)31-11-9-20(10-12-31)26(33)34-5-2/h6-8,17-18,20H,4-5,9-16H2,1-3H3. The lowest BCUT2D eigenvalue weighted by Gasteiger charge is -2.36. The van der Waals surface area contributed by atoms with E-state index >= 15 is 0 Å². The second kappa shape index (κ2) is 11.0. The number of nitrogens with zero attached hydrogens (tertiary/aromatic N) is 5. The van der Waals surface area contributed by atoms with E-state index < -0.39 is 0 Å². The van der Waals surface area contributed by atoms with Gasteiger partial charge in [-0.25, -0.2) is 9.97 Å². The van der Waals surface area contributed by atoms with Crippen molar-refractivity contribution in [1.82, 2.24) is 19.8 Å². The lowest BCUT2D eigenvalue weighted by Crippen LogP contribution is -2.47. The SMILES string of the molecule is CCOC(=O)C1CCN(C(=O)c2cnc(-c3cccc(C)c3)nc2N2CCN(CC)CC2)CC1. The van der Waals surface area contributed by atoms with Crippen molar-refractivity contribution in [3.63, 3.8) is 0 Å². The molecule has 182 valence electrons. The first-order valence-electron chi connectivity index (χ1n) is 12.4. The van der Waals surface area contributed by atoms with Gasteiger partial charge in [-0.1, -0.05) is 30.7 Å². The summed E-state index contributed by atoms with van der Waals surface area (Å²) in [5, 5.41) is 0. The van der Waals surface area contributed by atoms with Crippen molar-refractivity contribution in [2.45, 2.75) is 33.6 Å². The van der Waals surface area contributed by atoms with Gasteiger partial charge in [-0.15, -0.1) is 0 Å². The zero-order valence-corrected chi connectivity index (χ0v) is 20.5. The quantitative estimate of drug-likeness (QED) is 0.607. The molecular formula is C26H35N5O3. The fraction of sp³-hybridized carbons (Fsp3) is 0.538. The minimum absolute atomic E-state index is 0.0639. The van der Waals surface area contributed by atoms with E-state index in [0.29, 0.717) is 49.7 Å². The number of carbonyl (C=O) groups excluding carboxylic acids is 2. The number of aromatic nitrogens is 2.